The van der Waals surface area contributed by atoms with Gasteiger partial charge in [-0.3, -0.25) is 0 Å². The van der Waals surface area contributed by atoms with E-state index in [2.05, 4.69) is 5.32 Å². The minimum absolute atomic E-state index is 0.0989. The summed E-state index contributed by atoms with van der Waals surface area (Å²) in [5, 5.41) is 4.40. The van der Waals surface area contributed by atoms with Crippen LogP contribution in [0.25, 0.3) is 0 Å². The molecule has 0 aliphatic rings. The molecule has 0 aromatic heterocycles. The molecule has 3 nitrogen and oxygen atoms in total. The monoisotopic (exact) mass is 337 g/mol. The van der Waals surface area contributed by atoms with Crippen molar-refractivity contribution in [3.8, 4) is 0 Å². The van der Waals surface area contributed by atoms with E-state index in [1.165, 1.54) is 0 Å². The SMILES string of the molecule is CCNC(CCCS(=O)(=O)CC)c1ccc(Cl)c(Cl)c1. The van der Waals surface area contributed by atoms with Gasteiger partial charge in [0.05, 0.1) is 15.8 Å². The Labute approximate surface area is 131 Å². The second-order valence-electron chi connectivity index (χ2n) is 4.66. The molecule has 0 spiro atoms. The first-order chi connectivity index (χ1) is 9.39. The van der Waals surface area contributed by atoms with E-state index in [9.17, 15) is 8.42 Å². The molecule has 6 heteroatoms. The van der Waals surface area contributed by atoms with Crippen LogP contribution < -0.4 is 5.32 Å². The molecule has 0 heterocycles. The molecule has 20 heavy (non-hydrogen) atoms. The summed E-state index contributed by atoms with van der Waals surface area (Å²) in [5.74, 6) is 0.429. The standard InChI is InChI=1S/C14H21Cl2NO2S/c1-3-17-14(6-5-9-20(18,19)4-2)11-7-8-12(15)13(16)10-11/h7-8,10,14,17H,3-6,9H2,1-2H3. The van der Waals surface area contributed by atoms with Gasteiger partial charge in [-0.05, 0) is 37.1 Å². The molecule has 0 radical (unpaired) electrons. The van der Waals surface area contributed by atoms with Crippen molar-refractivity contribution in [1.82, 2.24) is 5.32 Å². The van der Waals surface area contributed by atoms with E-state index >= 15 is 0 Å². The van der Waals surface area contributed by atoms with Crippen LogP contribution >= 0.6 is 23.2 Å². The highest BCUT2D eigenvalue weighted by molar-refractivity contribution is 7.91. The zero-order valence-electron chi connectivity index (χ0n) is 11.8. The highest BCUT2D eigenvalue weighted by Crippen LogP contribution is 2.27. The van der Waals surface area contributed by atoms with Crippen LogP contribution in [0.3, 0.4) is 0 Å². The highest BCUT2D eigenvalue weighted by Gasteiger charge is 2.14. The Kier molecular flexibility index (Phi) is 7.30. The van der Waals surface area contributed by atoms with Crippen molar-refractivity contribution in [2.24, 2.45) is 0 Å². The molecule has 0 amide bonds. The van der Waals surface area contributed by atoms with Gasteiger partial charge in [0.15, 0.2) is 0 Å². The Morgan fingerprint density at radius 1 is 1.20 bits per heavy atom. The Bertz CT molecular complexity index is 532. The highest BCUT2D eigenvalue weighted by atomic mass is 35.5. The zero-order chi connectivity index (χ0) is 15.2. The Balaban J connectivity index is 2.71. The van der Waals surface area contributed by atoms with Gasteiger partial charge in [0.2, 0.25) is 0 Å². The fourth-order valence-electron chi connectivity index (χ4n) is 2.01. The molecular weight excluding hydrogens is 317 g/mol. The number of benzene rings is 1. The minimum atomic E-state index is -2.90. The first-order valence-corrected chi connectivity index (χ1v) is 9.36. The van der Waals surface area contributed by atoms with E-state index in [1.54, 1.807) is 13.0 Å². The van der Waals surface area contributed by atoms with Crippen LogP contribution in [0.4, 0.5) is 0 Å². The molecule has 1 rings (SSSR count). The maximum Gasteiger partial charge on any atom is 0.150 e. The maximum absolute atomic E-state index is 11.5. The number of rotatable bonds is 8. The zero-order valence-corrected chi connectivity index (χ0v) is 14.2. The van der Waals surface area contributed by atoms with Crippen LogP contribution in [0.2, 0.25) is 10.0 Å². The maximum atomic E-state index is 11.5. The first kappa shape index (κ1) is 17.8. The third-order valence-corrected chi connectivity index (χ3v) is 5.71. The number of hydrogen-bond acceptors (Lipinski definition) is 3. The van der Waals surface area contributed by atoms with Crippen molar-refractivity contribution >= 4 is 33.0 Å². The molecule has 0 aliphatic carbocycles. The predicted octanol–water partition coefficient (Wildman–Crippen LogP) is 3.86. The number of sulfone groups is 1. The fraction of sp³-hybridized carbons (Fsp3) is 0.571. The second-order valence-corrected chi connectivity index (χ2v) is 7.95. The van der Waals surface area contributed by atoms with E-state index in [0.29, 0.717) is 16.5 Å². The molecule has 0 fully saturated rings. The van der Waals surface area contributed by atoms with Crippen LogP contribution in [0.1, 0.15) is 38.3 Å². The van der Waals surface area contributed by atoms with Crippen LogP contribution in [-0.4, -0.2) is 26.5 Å². The van der Waals surface area contributed by atoms with Gasteiger partial charge in [0.25, 0.3) is 0 Å². The van der Waals surface area contributed by atoms with E-state index in [0.717, 1.165) is 18.5 Å². The molecule has 0 saturated carbocycles. The summed E-state index contributed by atoms with van der Waals surface area (Å²) in [5.41, 5.74) is 1.04. The topological polar surface area (TPSA) is 46.2 Å². The molecule has 1 aromatic carbocycles. The summed E-state index contributed by atoms with van der Waals surface area (Å²) < 4.78 is 23.0. The van der Waals surface area contributed by atoms with E-state index in [-0.39, 0.29) is 17.5 Å². The van der Waals surface area contributed by atoms with Crippen molar-refractivity contribution in [3.63, 3.8) is 0 Å². The van der Waals surface area contributed by atoms with Crippen molar-refractivity contribution in [2.45, 2.75) is 32.7 Å². The van der Waals surface area contributed by atoms with Crippen LogP contribution in [-0.2, 0) is 9.84 Å². The number of hydrogen-bond donors (Lipinski definition) is 1. The summed E-state index contributed by atoms with van der Waals surface area (Å²) in [6.07, 6.45) is 1.39. The molecule has 1 unspecified atom stereocenters. The molecule has 1 atom stereocenters. The van der Waals surface area contributed by atoms with E-state index < -0.39 is 9.84 Å². The minimum Gasteiger partial charge on any atom is -0.310 e. The normalized spacial score (nSPS) is 13.4. The van der Waals surface area contributed by atoms with Gasteiger partial charge in [-0.25, -0.2) is 8.42 Å². The van der Waals surface area contributed by atoms with Crippen LogP contribution in [0.5, 0.6) is 0 Å². The largest absolute Gasteiger partial charge is 0.310 e. The lowest BCUT2D eigenvalue weighted by Crippen LogP contribution is -2.22. The third-order valence-electron chi connectivity index (χ3n) is 3.18. The lowest BCUT2D eigenvalue weighted by Gasteiger charge is -2.19. The van der Waals surface area contributed by atoms with Gasteiger partial charge in [0, 0.05) is 11.8 Å². The Morgan fingerprint density at radius 2 is 1.90 bits per heavy atom. The van der Waals surface area contributed by atoms with E-state index in [1.807, 2.05) is 19.1 Å². The van der Waals surface area contributed by atoms with Gasteiger partial charge in [-0.15, -0.1) is 0 Å². The molecule has 0 bridgehead atoms. The molecule has 1 aromatic rings. The molecule has 0 aliphatic heterocycles. The average molecular weight is 338 g/mol. The van der Waals surface area contributed by atoms with Crippen molar-refractivity contribution in [2.75, 3.05) is 18.1 Å². The first-order valence-electron chi connectivity index (χ1n) is 6.78. The van der Waals surface area contributed by atoms with Crippen molar-refractivity contribution in [1.29, 1.82) is 0 Å². The average Bonchev–Trinajstić information content (AvgIpc) is 2.41. The van der Waals surface area contributed by atoms with E-state index in [4.69, 9.17) is 23.2 Å². The lowest BCUT2D eigenvalue weighted by molar-refractivity contribution is 0.506. The number of nitrogens with one attached hydrogen (secondary N) is 1. The summed E-state index contributed by atoms with van der Waals surface area (Å²) in [6, 6.07) is 5.63. The molecule has 114 valence electrons. The Morgan fingerprint density at radius 3 is 2.45 bits per heavy atom. The fourth-order valence-corrected chi connectivity index (χ4v) is 3.22. The van der Waals surface area contributed by atoms with Gasteiger partial charge < -0.3 is 5.32 Å². The summed E-state index contributed by atoms with van der Waals surface area (Å²) in [7, 11) is -2.90. The van der Waals surface area contributed by atoms with Crippen LogP contribution in [0.15, 0.2) is 18.2 Å². The molecule has 0 saturated heterocycles. The quantitative estimate of drug-likeness (QED) is 0.783. The molecule has 1 N–H and O–H groups in total. The second kappa shape index (κ2) is 8.23. The summed E-state index contributed by atoms with van der Waals surface area (Å²) >= 11 is 11.9. The summed E-state index contributed by atoms with van der Waals surface area (Å²) in [4.78, 5) is 0. The van der Waals surface area contributed by atoms with Gasteiger partial charge in [-0.1, -0.05) is 43.1 Å². The van der Waals surface area contributed by atoms with Crippen LogP contribution in [0, 0.1) is 0 Å². The summed E-state index contributed by atoms with van der Waals surface area (Å²) in [6.45, 7) is 4.51. The van der Waals surface area contributed by atoms with Gasteiger partial charge >= 0.3 is 0 Å². The van der Waals surface area contributed by atoms with Crippen molar-refractivity contribution < 1.29 is 8.42 Å². The third kappa shape index (κ3) is 5.60. The van der Waals surface area contributed by atoms with Gasteiger partial charge in [-0.2, -0.15) is 0 Å². The smallest absolute Gasteiger partial charge is 0.150 e. The lowest BCUT2D eigenvalue weighted by atomic mass is 10.0. The van der Waals surface area contributed by atoms with Crippen molar-refractivity contribution in [3.05, 3.63) is 33.8 Å². The molecular formula is C14H21Cl2NO2S. The van der Waals surface area contributed by atoms with Gasteiger partial charge in [0.1, 0.15) is 9.84 Å². The number of halogens is 2. The predicted molar refractivity (Wildman–Crippen MR) is 86.4 cm³/mol. The Hall–Kier alpha value is -0.290.